The molecule has 92 valence electrons. The van der Waals surface area contributed by atoms with E-state index in [1.54, 1.807) is 14.2 Å². The monoisotopic (exact) mass is 232 g/mol. The maximum atomic E-state index is 5.60. The van der Waals surface area contributed by atoms with Gasteiger partial charge in [0.15, 0.2) is 0 Å². The number of ether oxygens (including phenoxy) is 2. The first-order chi connectivity index (χ1) is 8.17. The van der Waals surface area contributed by atoms with E-state index in [-0.39, 0.29) is 0 Å². The number of methoxy groups -OCH3 is 2. The van der Waals surface area contributed by atoms with Gasteiger partial charge < -0.3 is 9.47 Å². The zero-order chi connectivity index (χ0) is 12.4. The molecule has 0 saturated carbocycles. The maximum absolute atomic E-state index is 5.60. The van der Waals surface area contributed by atoms with Crippen molar-refractivity contribution in [1.82, 2.24) is 0 Å². The Kier molecular flexibility index (Phi) is 3.41. The molecule has 0 aliphatic heterocycles. The van der Waals surface area contributed by atoms with Gasteiger partial charge in [-0.25, -0.2) is 0 Å². The smallest absolute Gasteiger partial charge is 0.126 e. The van der Waals surface area contributed by atoms with Crippen molar-refractivity contribution < 1.29 is 9.47 Å². The molecule has 0 heterocycles. The molecule has 0 fully saturated rings. The van der Waals surface area contributed by atoms with Crippen LogP contribution in [0.15, 0.2) is 24.0 Å². The van der Waals surface area contributed by atoms with Gasteiger partial charge in [-0.05, 0) is 29.5 Å². The summed E-state index contributed by atoms with van der Waals surface area (Å²) in [5, 5.41) is 0. The second kappa shape index (κ2) is 4.82. The Labute approximate surface area is 103 Å². The summed E-state index contributed by atoms with van der Waals surface area (Å²) in [7, 11) is 3.49. The van der Waals surface area contributed by atoms with E-state index in [1.165, 1.54) is 16.7 Å². The molecular formula is C15H20O2. The molecule has 2 nitrogen and oxygen atoms in total. The van der Waals surface area contributed by atoms with Crippen molar-refractivity contribution in [2.75, 3.05) is 14.2 Å². The van der Waals surface area contributed by atoms with Gasteiger partial charge >= 0.3 is 0 Å². The average Bonchev–Trinajstić information content (AvgIpc) is 2.36. The standard InChI is InChI=1S/C15H20O2/c1-10(2)13-7-5-11-9-12(16-3)6-8-14(11)15(13)17-4/h5-7,10H,8-9H2,1-4H3. The summed E-state index contributed by atoms with van der Waals surface area (Å²) in [6.07, 6.45) is 3.93. The Morgan fingerprint density at radius 2 is 1.88 bits per heavy atom. The van der Waals surface area contributed by atoms with Gasteiger partial charge in [-0.3, -0.25) is 0 Å². The molecule has 1 aliphatic rings. The fraction of sp³-hybridized carbons (Fsp3) is 0.467. The Hall–Kier alpha value is -1.44. The molecule has 0 radical (unpaired) electrons. The van der Waals surface area contributed by atoms with Crippen molar-refractivity contribution in [2.24, 2.45) is 0 Å². The molecule has 0 bridgehead atoms. The minimum atomic E-state index is 0.489. The molecule has 0 amide bonds. The first-order valence-electron chi connectivity index (χ1n) is 6.09. The molecule has 2 rings (SSSR count). The normalized spacial score (nSPS) is 14.3. The summed E-state index contributed by atoms with van der Waals surface area (Å²) in [5.41, 5.74) is 3.94. The van der Waals surface area contributed by atoms with Crippen LogP contribution < -0.4 is 4.74 Å². The summed E-state index contributed by atoms with van der Waals surface area (Å²) in [6.45, 7) is 4.40. The van der Waals surface area contributed by atoms with Gasteiger partial charge in [0.1, 0.15) is 5.75 Å². The number of rotatable bonds is 3. The lowest BCUT2D eigenvalue weighted by Crippen LogP contribution is -2.08. The van der Waals surface area contributed by atoms with Gasteiger partial charge in [0.25, 0.3) is 0 Å². The Morgan fingerprint density at radius 1 is 1.12 bits per heavy atom. The Morgan fingerprint density at radius 3 is 2.47 bits per heavy atom. The van der Waals surface area contributed by atoms with Gasteiger partial charge in [0.2, 0.25) is 0 Å². The average molecular weight is 232 g/mol. The molecule has 0 aromatic heterocycles. The summed E-state index contributed by atoms with van der Waals surface area (Å²) in [4.78, 5) is 0. The third-order valence-electron chi connectivity index (χ3n) is 3.37. The Balaban J connectivity index is 2.45. The maximum Gasteiger partial charge on any atom is 0.126 e. The predicted molar refractivity (Wildman–Crippen MR) is 69.6 cm³/mol. The van der Waals surface area contributed by atoms with E-state index in [1.807, 2.05) is 0 Å². The van der Waals surface area contributed by atoms with Crippen molar-refractivity contribution in [3.63, 3.8) is 0 Å². The molecule has 1 aliphatic carbocycles. The molecule has 2 heteroatoms. The lowest BCUT2D eigenvalue weighted by atomic mass is 9.89. The van der Waals surface area contributed by atoms with Crippen molar-refractivity contribution in [3.05, 3.63) is 40.7 Å². The number of hydrogen-bond donors (Lipinski definition) is 0. The minimum Gasteiger partial charge on any atom is -0.501 e. The molecular weight excluding hydrogens is 212 g/mol. The van der Waals surface area contributed by atoms with Gasteiger partial charge in [0, 0.05) is 12.0 Å². The van der Waals surface area contributed by atoms with Gasteiger partial charge in [-0.2, -0.15) is 0 Å². The topological polar surface area (TPSA) is 18.5 Å². The van der Waals surface area contributed by atoms with Crippen LogP contribution >= 0.6 is 0 Å². The molecule has 0 spiro atoms. The fourth-order valence-corrected chi connectivity index (χ4v) is 2.40. The number of benzene rings is 1. The molecule has 0 unspecified atom stereocenters. The predicted octanol–water partition coefficient (Wildman–Crippen LogP) is 3.45. The van der Waals surface area contributed by atoms with Crippen molar-refractivity contribution >= 4 is 0 Å². The highest BCUT2D eigenvalue weighted by molar-refractivity contribution is 5.51. The summed E-state index contributed by atoms with van der Waals surface area (Å²) < 4.78 is 10.9. The summed E-state index contributed by atoms with van der Waals surface area (Å²) in [5.74, 6) is 2.60. The lowest BCUT2D eigenvalue weighted by Gasteiger charge is -2.22. The molecule has 1 aromatic carbocycles. The highest BCUT2D eigenvalue weighted by Crippen LogP contribution is 2.35. The van der Waals surface area contributed by atoms with Gasteiger partial charge in [-0.15, -0.1) is 0 Å². The SMILES string of the molecule is COC1=CCc2c(ccc(C(C)C)c2OC)C1. The minimum absolute atomic E-state index is 0.489. The summed E-state index contributed by atoms with van der Waals surface area (Å²) >= 11 is 0. The second-order valence-electron chi connectivity index (χ2n) is 4.74. The highest BCUT2D eigenvalue weighted by Gasteiger charge is 2.19. The van der Waals surface area contributed by atoms with Crippen LogP contribution in [0.3, 0.4) is 0 Å². The number of fused-ring (bicyclic) bond motifs is 1. The van der Waals surface area contributed by atoms with Crippen molar-refractivity contribution in [1.29, 1.82) is 0 Å². The van der Waals surface area contributed by atoms with Gasteiger partial charge in [0.05, 0.1) is 20.0 Å². The first-order valence-corrected chi connectivity index (χ1v) is 6.09. The fourth-order valence-electron chi connectivity index (χ4n) is 2.40. The van der Waals surface area contributed by atoms with Crippen LogP contribution in [-0.2, 0) is 17.6 Å². The zero-order valence-electron chi connectivity index (χ0n) is 11.0. The van der Waals surface area contributed by atoms with Crippen LogP contribution in [0, 0.1) is 0 Å². The summed E-state index contributed by atoms with van der Waals surface area (Å²) in [6, 6.07) is 4.39. The van der Waals surface area contributed by atoms with Crippen LogP contribution in [0.2, 0.25) is 0 Å². The first kappa shape index (κ1) is 12.0. The van der Waals surface area contributed by atoms with E-state index >= 15 is 0 Å². The Bertz CT molecular complexity index is 444. The number of hydrogen-bond acceptors (Lipinski definition) is 2. The molecule has 1 aromatic rings. The second-order valence-corrected chi connectivity index (χ2v) is 4.74. The van der Waals surface area contributed by atoms with E-state index in [4.69, 9.17) is 9.47 Å². The van der Waals surface area contributed by atoms with E-state index < -0.39 is 0 Å². The van der Waals surface area contributed by atoms with E-state index in [9.17, 15) is 0 Å². The van der Waals surface area contributed by atoms with Crippen LogP contribution in [0.1, 0.15) is 36.5 Å². The quantitative estimate of drug-likeness (QED) is 0.794. The van der Waals surface area contributed by atoms with E-state index in [0.29, 0.717) is 5.92 Å². The molecule has 0 atom stereocenters. The lowest BCUT2D eigenvalue weighted by molar-refractivity contribution is 0.279. The van der Waals surface area contributed by atoms with E-state index in [2.05, 4.69) is 32.1 Å². The molecule has 17 heavy (non-hydrogen) atoms. The largest absolute Gasteiger partial charge is 0.501 e. The van der Waals surface area contributed by atoms with Crippen LogP contribution in [0.25, 0.3) is 0 Å². The molecule has 0 N–H and O–H groups in total. The molecule has 0 saturated heterocycles. The zero-order valence-corrected chi connectivity index (χ0v) is 11.0. The van der Waals surface area contributed by atoms with Crippen molar-refractivity contribution in [2.45, 2.75) is 32.6 Å². The highest BCUT2D eigenvalue weighted by atomic mass is 16.5. The van der Waals surface area contributed by atoms with Crippen molar-refractivity contribution in [3.8, 4) is 5.75 Å². The van der Waals surface area contributed by atoms with E-state index in [0.717, 1.165) is 24.4 Å². The van der Waals surface area contributed by atoms with Crippen LogP contribution in [0.5, 0.6) is 5.75 Å². The number of allylic oxidation sites excluding steroid dienone is 2. The third kappa shape index (κ3) is 2.17. The van der Waals surface area contributed by atoms with Crippen LogP contribution in [0.4, 0.5) is 0 Å². The van der Waals surface area contributed by atoms with Crippen LogP contribution in [-0.4, -0.2) is 14.2 Å². The third-order valence-corrected chi connectivity index (χ3v) is 3.37. The van der Waals surface area contributed by atoms with Gasteiger partial charge in [-0.1, -0.05) is 26.0 Å².